The molecule has 2 amide bonds. The second kappa shape index (κ2) is 9.57. The molecular formula is C26H30N2O4. The van der Waals surface area contributed by atoms with Gasteiger partial charge in [0.15, 0.2) is 5.76 Å². The van der Waals surface area contributed by atoms with E-state index in [1.54, 1.807) is 24.3 Å². The summed E-state index contributed by atoms with van der Waals surface area (Å²) in [5, 5.41) is 10.5. The van der Waals surface area contributed by atoms with E-state index in [0.29, 0.717) is 36.7 Å². The highest BCUT2D eigenvalue weighted by Crippen LogP contribution is 2.33. The highest BCUT2D eigenvalue weighted by atomic mass is 16.5. The van der Waals surface area contributed by atoms with Gasteiger partial charge in [-0.1, -0.05) is 56.3 Å². The number of carbonyl (C=O) groups is 2. The van der Waals surface area contributed by atoms with Crippen molar-refractivity contribution in [2.75, 3.05) is 19.7 Å². The van der Waals surface area contributed by atoms with Crippen LogP contribution >= 0.6 is 0 Å². The van der Waals surface area contributed by atoms with Crippen molar-refractivity contribution >= 4 is 17.4 Å². The number of rotatable bonds is 7. The van der Waals surface area contributed by atoms with Gasteiger partial charge in [-0.25, -0.2) is 0 Å². The quantitative estimate of drug-likeness (QED) is 0.667. The first-order valence-corrected chi connectivity index (χ1v) is 11.2. The third-order valence-corrected chi connectivity index (χ3v) is 5.99. The molecule has 0 saturated carbocycles. The van der Waals surface area contributed by atoms with Crippen molar-refractivity contribution in [3.8, 4) is 5.75 Å². The van der Waals surface area contributed by atoms with E-state index in [4.69, 9.17) is 4.74 Å². The predicted octanol–water partition coefficient (Wildman–Crippen LogP) is 4.02. The molecule has 0 unspecified atom stereocenters. The summed E-state index contributed by atoms with van der Waals surface area (Å²) in [5.41, 5.74) is 1.86. The molecule has 6 nitrogen and oxygen atoms in total. The van der Waals surface area contributed by atoms with E-state index < -0.39 is 17.6 Å². The summed E-state index contributed by atoms with van der Waals surface area (Å²) >= 11 is 0. The van der Waals surface area contributed by atoms with Gasteiger partial charge in [0.2, 0.25) is 0 Å². The lowest BCUT2D eigenvalue weighted by molar-refractivity contribution is -0.141. The molecule has 1 fully saturated rings. The van der Waals surface area contributed by atoms with Crippen LogP contribution in [0.15, 0.2) is 60.4 Å². The van der Waals surface area contributed by atoms with Crippen LogP contribution in [-0.4, -0.2) is 52.5 Å². The van der Waals surface area contributed by atoms with E-state index in [1.807, 2.05) is 18.2 Å². The first-order chi connectivity index (χ1) is 15.4. The molecule has 1 saturated heterocycles. The average molecular weight is 435 g/mol. The lowest BCUT2D eigenvalue weighted by atomic mass is 10.0. The lowest BCUT2D eigenvalue weighted by Gasteiger charge is -2.35. The largest absolute Gasteiger partial charge is 0.502 e. The number of likely N-dealkylation sites (tertiary alicyclic amines) is 1. The third kappa shape index (κ3) is 4.70. The predicted molar refractivity (Wildman–Crippen MR) is 123 cm³/mol. The number of benzene rings is 2. The van der Waals surface area contributed by atoms with E-state index in [1.165, 1.54) is 10.5 Å². The maximum atomic E-state index is 13.1. The highest BCUT2D eigenvalue weighted by Gasteiger charge is 2.43. The summed E-state index contributed by atoms with van der Waals surface area (Å²) in [4.78, 5) is 29.5. The number of nitrogens with zero attached hydrogens (tertiary/aromatic N) is 2. The van der Waals surface area contributed by atoms with Crippen molar-refractivity contribution in [3.05, 3.63) is 71.5 Å². The van der Waals surface area contributed by atoms with Crippen LogP contribution in [0.5, 0.6) is 5.75 Å². The fraction of sp³-hybridized carbons (Fsp3) is 0.385. The Balaban J connectivity index is 1.40. The van der Waals surface area contributed by atoms with Gasteiger partial charge < -0.3 is 9.84 Å². The van der Waals surface area contributed by atoms with E-state index in [0.717, 1.165) is 19.6 Å². The maximum absolute atomic E-state index is 13.1. The molecule has 0 radical (unpaired) electrons. The van der Waals surface area contributed by atoms with Gasteiger partial charge in [0, 0.05) is 25.7 Å². The van der Waals surface area contributed by atoms with Crippen molar-refractivity contribution in [2.24, 2.45) is 5.92 Å². The Labute approximate surface area is 189 Å². The molecule has 32 heavy (non-hydrogen) atoms. The van der Waals surface area contributed by atoms with Crippen molar-refractivity contribution in [1.82, 2.24) is 9.80 Å². The summed E-state index contributed by atoms with van der Waals surface area (Å²) in [5.74, 6) is -0.362. The normalized spacial score (nSPS) is 18.2. The van der Waals surface area contributed by atoms with Gasteiger partial charge in [0.1, 0.15) is 5.75 Å². The minimum absolute atomic E-state index is 0.0807. The van der Waals surface area contributed by atoms with Crippen LogP contribution in [0.4, 0.5) is 0 Å². The Morgan fingerprint density at radius 2 is 1.62 bits per heavy atom. The van der Waals surface area contributed by atoms with Crippen LogP contribution in [0.1, 0.15) is 37.8 Å². The van der Waals surface area contributed by atoms with Crippen LogP contribution in [0.3, 0.4) is 0 Å². The highest BCUT2D eigenvalue weighted by molar-refractivity contribution is 6.35. The minimum Gasteiger partial charge on any atom is -0.502 e. The second-order valence-electron chi connectivity index (χ2n) is 8.93. The van der Waals surface area contributed by atoms with Gasteiger partial charge in [-0.05, 0) is 42.0 Å². The van der Waals surface area contributed by atoms with Crippen molar-refractivity contribution in [1.29, 1.82) is 0 Å². The van der Waals surface area contributed by atoms with E-state index in [9.17, 15) is 14.7 Å². The van der Waals surface area contributed by atoms with Gasteiger partial charge in [-0.15, -0.1) is 0 Å². The zero-order valence-electron chi connectivity index (χ0n) is 18.7. The SMILES string of the molecule is CC(C)COc1ccc(C2=C(O)C(=O)N(C3CCN(Cc4ccccc4)CC3)C2=O)cc1. The number of hydrogen-bond donors (Lipinski definition) is 1. The fourth-order valence-electron chi connectivity index (χ4n) is 4.28. The molecule has 2 aromatic carbocycles. The number of carbonyl (C=O) groups excluding carboxylic acids is 2. The summed E-state index contributed by atoms with van der Waals surface area (Å²) in [6.45, 7) is 7.20. The monoisotopic (exact) mass is 434 g/mol. The molecule has 6 heteroatoms. The first-order valence-electron chi connectivity index (χ1n) is 11.2. The number of piperidine rings is 1. The Morgan fingerprint density at radius 3 is 2.25 bits per heavy atom. The number of aliphatic hydroxyl groups excluding tert-OH is 1. The van der Waals surface area contributed by atoms with Crippen molar-refractivity contribution in [3.63, 3.8) is 0 Å². The molecule has 0 aliphatic carbocycles. The molecule has 0 aromatic heterocycles. The van der Waals surface area contributed by atoms with Crippen molar-refractivity contribution < 1.29 is 19.4 Å². The van der Waals surface area contributed by atoms with Gasteiger partial charge in [0.25, 0.3) is 11.8 Å². The molecule has 4 rings (SSSR count). The molecular weight excluding hydrogens is 404 g/mol. The number of hydrogen-bond acceptors (Lipinski definition) is 5. The van der Waals surface area contributed by atoms with Crippen LogP contribution < -0.4 is 4.74 Å². The summed E-state index contributed by atoms with van der Waals surface area (Å²) in [7, 11) is 0. The molecule has 0 atom stereocenters. The Morgan fingerprint density at radius 1 is 0.969 bits per heavy atom. The summed E-state index contributed by atoms with van der Waals surface area (Å²) < 4.78 is 5.68. The first kappa shape index (κ1) is 22.1. The molecule has 0 bridgehead atoms. The van der Waals surface area contributed by atoms with Gasteiger partial charge in [0.05, 0.1) is 12.2 Å². The smallest absolute Gasteiger partial charge is 0.296 e. The van der Waals surface area contributed by atoms with E-state index in [-0.39, 0.29) is 11.6 Å². The molecule has 168 valence electrons. The number of aliphatic hydroxyl groups is 1. The molecule has 2 aromatic rings. The van der Waals surface area contributed by atoms with Crippen LogP contribution in [0, 0.1) is 5.92 Å². The van der Waals surface area contributed by atoms with Crippen LogP contribution in [0.2, 0.25) is 0 Å². The number of imide groups is 1. The van der Waals surface area contributed by atoms with Crippen molar-refractivity contribution in [2.45, 2.75) is 39.3 Å². The Hall–Kier alpha value is -3.12. The standard InChI is InChI=1S/C26H30N2O4/c1-18(2)17-32-22-10-8-20(9-11-22)23-24(29)26(31)28(25(23)30)21-12-14-27(15-13-21)16-19-6-4-3-5-7-19/h3-11,18,21,29H,12-17H2,1-2H3. The number of amides is 2. The fourth-order valence-corrected chi connectivity index (χ4v) is 4.28. The number of ether oxygens (including phenoxy) is 1. The summed E-state index contributed by atoms with van der Waals surface area (Å²) in [6.07, 6.45) is 1.40. The lowest BCUT2D eigenvalue weighted by Crippen LogP contribution is -2.47. The van der Waals surface area contributed by atoms with Gasteiger partial charge in [-0.3, -0.25) is 19.4 Å². The van der Waals surface area contributed by atoms with Gasteiger partial charge in [-0.2, -0.15) is 0 Å². The zero-order chi connectivity index (χ0) is 22.7. The van der Waals surface area contributed by atoms with Crippen LogP contribution in [-0.2, 0) is 16.1 Å². The molecule has 2 heterocycles. The molecule has 1 N–H and O–H groups in total. The zero-order valence-corrected chi connectivity index (χ0v) is 18.7. The maximum Gasteiger partial charge on any atom is 0.296 e. The topological polar surface area (TPSA) is 70.1 Å². The average Bonchev–Trinajstić information content (AvgIpc) is 3.02. The Kier molecular flexibility index (Phi) is 6.61. The third-order valence-electron chi connectivity index (χ3n) is 5.99. The minimum atomic E-state index is -0.591. The van der Waals surface area contributed by atoms with Gasteiger partial charge >= 0.3 is 0 Å². The second-order valence-corrected chi connectivity index (χ2v) is 8.93. The Bertz CT molecular complexity index is 990. The summed E-state index contributed by atoms with van der Waals surface area (Å²) in [6, 6.07) is 17.0. The van der Waals surface area contributed by atoms with E-state index >= 15 is 0 Å². The van der Waals surface area contributed by atoms with E-state index in [2.05, 4.69) is 30.9 Å². The molecule has 0 spiro atoms. The van der Waals surface area contributed by atoms with Crippen LogP contribution in [0.25, 0.3) is 5.57 Å². The molecule has 2 aliphatic heterocycles. The molecule has 2 aliphatic rings.